The van der Waals surface area contributed by atoms with Gasteiger partial charge in [-0.15, -0.1) is 10.2 Å². The number of aromatic carboxylic acids is 1. The van der Waals surface area contributed by atoms with E-state index in [4.69, 9.17) is 0 Å². The number of carboxylic acids is 1. The number of benzene rings is 1. The predicted octanol–water partition coefficient (Wildman–Crippen LogP) is 4.13. The number of aromatic nitrogens is 4. The first-order valence-electron chi connectivity index (χ1n) is 9.90. The van der Waals surface area contributed by atoms with E-state index in [1.54, 1.807) is 12.1 Å². The van der Waals surface area contributed by atoms with Gasteiger partial charge in [0.25, 0.3) is 0 Å². The van der Waals surface area contributed by atoms with Crippen molar-refractivity contribution >= 4 is 12.0 Å². The number of hydrogen-bond acceptors (Lipinski definition) is 4. The number of hydrogen-bond donors (Lipinski definition) is 1. The van der Waals surface area contributed by atoms with Crippen molar-refractivity contribution in [3.05, 3.63) is 82.7 Å². The van der Waals surface area contributed by atoms with Gasteiger partial charge in [-0.2, -0.15) is 0 Å². The van der Waals surface area contributed by atoms with E-state index >= 15 is 0 Å². The highest BCUT2D eigenvalue weighted by atomic mass is 16.4. The molecule has 0 spiro atoms. The molecule has 0 saturated heterocycles. The Morgan fingerprint density at radius 1 is 1.10 bits per heavy atom. The molecule has 6 heteroatoms. The normalized spacial score (nSPS) is 11.2. The lowest BCUT2D eigenvalue weighted by Gasteiger charge is -2.08. The summed E-state index contributed by atoms with van der Waals surface area (Å²) >= 11 is 0. The van der Waals surface area contributed by atoms with Crippen LogP contribution in [0.25, 0.3) is 6.08 Å². The molecule has 1 N–H and O–H groups in total. The van der Waals surface area contributed by atoms with E-state index in [1.165, 1.54) is 5.56 Å². The van der Waals surface area contributed by atoms with Crippen molar-refractivity contribution < 1.29 is 9.90 Å². The summed E-state index contributed by atoms with van der Waals surface area (Å²) in [5, 5.41) is 17.9. The van der Waals surface area contributed by atoms with Gasteiger partial charge in [0, 0.05) is 30.8 Å². The summed E-state index contributed by atoms with van der Waals surface area (Å²) in [6, 6.07) is 13.4. The third-order valence-electron chi connectivity index (χ3n) is 4.70. The fraction of sp³-hybridized carbons (Fsp3) is 0.304. The maximum atomic E-state index is 11.2. The quantitative estimate of drug-likeness (QED) is 0.594. The number of carboxylic acid groups (broad SMARTS) is 1. The highest BCUT2D eigenvalue weighted by Gasteiger charge is 2.11. The molecule has 0 atom stereocenters. The molecule has 0 aliphatic heterocycles. The molecule has 150 valence electrons. The second kappa shape index (κ2) is 9.78. The van der Waals surface area contributed by atoms with Crippen molar-refractivity contribution in [2.45, 2.75) is 46.1 Å². The minimum Gasteiger partial charge on any atom is -0.478 e. The molecule has 0 radical (unpaired) electrons. The van der Waals surface area contributed by atoms with E-state index in [1.807, 2.05) is 25.1 Å². The van der Waals surface area contributed by atoms with Crippen LogP contribution in [0.4, 0.5) is 0 Å². The maximum absolute atomic E-state index is 11.2. The molecule has 2 aromatic heterocycles. The average molecular weight is 390 g/mol. The van der Waals surface area contributed by atoms with Crippen molar-refractivity contribution in [3.63, 3.8) is 0 Å². The lowest BCUT2D eigenvalue weighted by atomic mass is 10.1. The van der Waals surface area contributed by atoms with E-state index < -0.39 is 5.97 Å². The minimum absolute atomic E-state index is 0.287. The Labute approximate surface area is 171 Å². The van der Waals surface area contributed by atoms with E-state index in [-0.39, 0.29) is 5.56 Å². The first-order chi connectivity index (χ1) is 14.1. The lowest BCUT2D eigenvalue weighted by molar-refractivity contribution is 0.0696. The second-order valence-corrected chi connectivity index (χ2v) is 6.96. The highest BCUT2D eigenvalue weighted by molar-refractivity contribution is 5.87. The Bertz CT molecular complexity index is 993. The van der Waals surface area contributed by atoms with E-state index in [0.29, 0.717) is 6.42 Å². The first-order valence-corrected chi connectivity index (χ1v) is 9.90. The first kappa shape index (κ1) is 20.5. The van der Waals surface area contributed by atoms with Gasteiger partial charge >= 0.3 is 5.97 Å². The third kappa shape index (κ3) is 5.60. The molecular formula is C23H26N4O2. The molecule has 1 aromatic carbocycles. The van der Waals surface area contributed by atoms with Crippen LogP contribution in [0.5, 0.6) is 0 Å². The van der Waals surface area contributed by atoms with E-state index in [9.17, 15) is 9.90 Å². The summed E-state index contributed by atoms with van der Waals surface area (Å²) < 4.78 is 2.16. The van der Waals surface area contributed by atoms with Crippen LogP contribution in [0.2, 0.25) is 0 Å². The van der Waals surface area contributed by atoms with Crippen LogP contribution < -0.4 is 0 Å². The molecular weight excluding hydrogens is 364 g/mol. The molecule has 0 fully saturated rings. The number of aryl methyl sites for hydroxylation is 4. The van der Waals surface area contributed by atoms with Gasteiger partial charge in [-0.05, 0) is 37.5 Å². The van der Waals surface area contributed by atoms with Crippen molar-refractivity contribution in [3.8, 4) is 0 Å². The van der Waals surface area contributed by atoms with Crippen LogP contribution in [-0.4, -0.2) is 30.8 Å². The molecule has 0 saturated carbocycles. The summed E-state index contributed by atoms with van der Waals surface area (Å²) in [7, 11) is 0. The molecule has 3 rings (SSSR count). The van der Waals surface area contributed by atoms with Gasteiger partial charge in [-0.1, -0.05) is 49.4 Å². The number of rotatable bonds is 9. The van der Waals surface area contributed by atoms with Gasteiger partial charge in [-0.25, -0.2) is 4.79 Å². The van der Waals surface area contributed by atoms with Gasteiger partial charge in [0.15, 0.2) is 0 Å². The molecule has 0 bridgehead atoms. The molecule has 0 aliphatic rings. The molecule has 0 unspecified atom stereocenters. The fourth-order valence-electron chi connectivity index (χ4n) is 3.30. The van der Waals surface area contributed by atoms with Crippen LogP contribution >= 0.6 is 0 Å². The molecule has 3 aromatic rings. The maximum Gasteiger partial charge on any atom is 0.335 e. The van der Waals surface area contributed by atoms with Crippen LogP contribution in [0.15, 0.2) is 48.5 Å². The second-order valence-electron chi connectivity index (χ2n) is 6.96. The Morgan fingerprint density at radius 2 is 1.86 bits per heavy atom. The number of allylic oxidation sites excluding steroid dienone is 1. The summed E-state index contributed by atoms with van der Waals surface area (Å²) in [4.78, 5) is 15.7. The lowest BCUT2D eigenvalue weighted by Crippen LogP contribution is -2.07. The Morgan fingerprint density at radius 3 is 2.59 bits per heavy atom. The summed E-state index contributed by atoms with van der Waals surface area (Å²) in [5.41, 5.74) is 2.98. The van der Waals surface area contributed by atoms with Crippen molar-refractivity contribution in [1.82, 2.24) is 19.7 Å². The minimum atomic E-state index is -0.922. The highest BCUT2D eigenvalue weighted by Crippen LogP contribution is 2.12. The van der Waals surface area contributed by atoms with Gasteiger partial charge in [-0.3, -0.25) is 4.98 Å². The van der Waals surface area contributed by atoms with Gasteiger partial charge in [0.2, 0.25) is 0 Å². The van der Waals surface area contributed by atoms with Crippen LogP contribution in [0, 0.1) is 6.92 Å². The standard InChI is InChI=1S/C23H26N4O2/c1-3-21-25-26-22(27(21)14-8-11-18-9-5-4-6-10-18)13-7-12-20-16-19(23(28)29)15-17(2)24-20/h4-6,8-11,15-16H,3,7,12-14H2,1-2H3,(H,28,29)/b11-8+. The number of pyridine rings is 1. The summed E-state index contributed by atoms with van der Waals surface area (Å²) in [6.07, 6.45) is 7.36. The van der Waals surface area contributed by atoms with Gasteiger partial charge in [0.05, 0.1) is 5.56 Å². The van der Waals surface area contributed by atoms with Crippen molar-refractivity contribution in [2.24, 2.45) is 0 Å². The van der Waals surface area contributed by atoms with Crippen molar-refractivity contribution in [1.29, 1.82) is 0 Å². The molecule has 0 amide bonds. The summed E-state index contributed by atoms with van der Waals surface area (Å²) in [6.45, 7) is 4.63. The number of nitrogens with zero attached hydrogens (tertiary/aromatic N) is 4. The Hall–Kier alpha value is -3.28. The van der Waals surface area contributed by atoms with Crippen molar-refractivity contribution in [2.75, 3.05) is 0 Å². The third-order valence-corrected chi connectivity index (χ3v) is 4.70. The van der Waals surface area contributed by atoms with Crippen LogP contribution in [-0.2, 0) is 25.8 Å². The summed E-state index contributed by atoms with van der Waals surface area (Å²) in [5.74, 6) is 1.000. The smallest absolute Gasteiger partial charge is 0.335 e. The van der Waals surface area contributed by atoms with Crippen LogP contribution in [0.3, 0.4) is 0 Å². The topological polar surface area (TPSA) is 80.9 Å². The zero-order valence-electron chi connectivity index (χ0n) is 16.9. The predicted molar refractivity (Wildman–Crippen MR) is 113 cm³/mol. The molecule has 2 heterocycles. The Balaban J connectivity index is 1.65. The zero-order chi connectivity index (χ0) is 20.6. The van der Waals surface area contributed by atoms with Crippen LogP contribution in [0.1, 0.15) is 52.3 Å². The Kier molecular flexibility index (Phi) is 6.89. The van der Waals surface area contributed by atoms with Gasteiger partial charge < -0.3 is 9.67 Å². The zero-order valence-corrected chi connectivity index (χ0v) is 16.9. The SMILES string of the molecule is CCc1nnc(CCCc2cc(C(=O)O)cc(C)n2)n1C/C=C/c1ccccc1. The van der Waals surface area contributed by atoms with E-state index in [0.717, 1.165) is 48.8 Å². The van der Waals surface area contributed by atoms with E-state index in [2.05, 4.69) is 51.0 Å². The molecule has 6 nitrogen and oxygen atoms in total. The largest absolute Gasteiger partial charge is 0.478 e. The molecule has 0 aliphatic carbocycles. The fourth-order valence-corrected chi connectivity index (χ4v) is 3.30. The average Bonchev–Trinajstić information content (AvgIpc) is 3.10. The molecule has 29 heavy (non-hydrogen) atoms. The monoisotopic (exact) mass is 390 g/mol. The van der Waals surface area contributed by atoms with Gasteiger partial charge in [0.1, 0.15) is 11.6 Å². The number of carbonyl (C=O) groups is 1.